The molecule has 2 aliphatic heterocycles. The third kappa shape index (κ3) is 4.64. The Bertz CT molecular complexity index is 432. The highest BCUT2D eigenvalue weighted by molar-refractivity contribution is 5.77. The van der Waals surface area contributed by atoms with Gasteiger partial charge in [-0.2, -0.15) is 0 Å². The van der Waals surface area contributed by atoms with Crippen molar-refractivity contribution in [3.05, 3.63) is 0 Å². The first-order valence-electron chi connectivity index (χ1n) is 9.95. The van der Waals surface area contributed by atoms with Crippen LogP contribution in [0.2, 0.25) is 0 Å². The van der Waals surface area contributed by atoms with Crippen molar-refractivity contribution >= 4 is 11.9 Å². The van der Waals surface area contributed by atoms with Gasteiger partial charge in [0, 0.05) is 38.6 Å². The topological polar surface area (TPSA) is 52.7 Å². The third-order valence-corrected chi connectivity index (χ3v) is 6.17. The molecule has 1 N–H and O–H groups in total. The van der Waals surface area contributed by atoms with E-state index in [0.717, 1.165) is 70.6 Å². The summed E-state index contributed by atoms with van der Waals surface area (Å²) in [5.74, 6) is 1.59. The summed E-state index contributed by atoms with van der Waals surface area (Å²) in [4.78, 5) is 28.6. The van der Waals surface area contributed by atoms with Crippen molar-refractivity contribution in [2.45, 2.75) is 70.8 Å². The lowest BCUT2D eigenvalue weighted by atomic mass is 9.87. The van der Waals surface area contributed by atoms with Crippen molar-refractivity contribution in [2.75, 3.05) is 26.2 Å². The predicted molar refractivity (Wildman–Crippen MR) is 94.7 cm³/mol. The number of piperidine rings is 1. The van der Waals surface area contributed by atoms with Crippen LogP contribution in [0, 0.1) is 11.8 Å². The second-order valence-corrected chi connectivity index (χ2v) is 8.13. The first-order chi connectivity index (χ1) is 11.6. The largest absolute Gasteiger partial charge is 0.343 e. The van der Waals surface area contributed by atoms with Gasteiger partial charge in [0.25, 0.3) is 0 Å². The molecule has 136 valence electrons. The van der Waals surface area contributed by atoms with E-state index in [2.05, 4.69) is 12.2 Å². The highest BCUT2D eigenvalue weighted by Crippen LogP contribution is 2.25. The number of urea groups is 1. The molecule has 0 aromatic rings. The Morgan fingerprint density at radius 1 is 0.875 bits per heavy atom. The first kappa shape index (κ1) is 17.6. The van der Waals surface area contributed by atoms with Crippen molar-refractivity contribution in [3.8, 4) is 0 Å². The molecule has 5 heteroatoms. The van der Waals surface area contributed by atoms with Gasteiger partial charge >= 0.3 is 6.03 Å². The molecule has 0 radical (unpaired) electrons. The Balaban J connectivity index is 1.36. The van der Waals surface area contributed by atoms with Gasteiger partial charge in [-0.1, -0.05) is 6.92 Å². The molecule has 0 aromatic carbocycles. The lowest BCUT2D eigenvalue weighted by Gasteiger charge is -2.34. The van der Waals surface area contributed by atoms with Crippen LogP contribution in [0.25, 0.3) is 0 Å². The molecule has 2 heterocycles. The van der Waals surface area contributed by atoms with Gasteiger partial charge in [-0.15, -0.1) is 0 Å². The van der Waals surface area contributed by atoms with Crippen LogP contribution in [0.5, 0.6) is 0 Å². The molecule has 0 atom stereocenters. The Labute approximate surface area is 146 Å². The zero-order chi connectivity index (χ0) is 16.9. The van der Waals surface area contributed by atoms with Crippen LogP contribution in [0.3, 0.4) is 0 Å². The van der Waals surface area contributed by atoms with Crippen LogP contribution in [-0.2, 0) is 4.79 Å². The van der Waals surface area contributed by atoms with Gasteiger partial charge in [0.2, 0.25) is 5.91 Å². The van der Waals surface area contributed by atoms with E-state index in [4.69, 9.17) is 0 Å². The number of rotatable bonds is 3. The SMILES string of the molecule is CC1CCC(NC(=O)N2CCC(CC(=O)N3CCCC3)CC2)CC1. The van der Waals surface area contributed by atoms with E-state index in [0.29, 0.717) is 24.3 Å². The minimum absolute atomic E-state index is 0.110. The molecule has 3 amide bonds. The van der Waals surface area contributed by atoms with Crippen molar-refractivity contribution in [1.82, 2.24) is 15.1 Å². The molecular weight excluding hydrogens is 302 g/mol. The lowest BCUT2D eigenvalue weighted by molar-refractivity contribution is -0.131. The molecule has 0 unspecified atom stereocenters. The maximum atomic E-state index is 12.4. The van der Waals surface area contributed by atoms with Crippen LogP contribution in [0.1, 0.15) is 64.7 Å². The van der Waals surface area contributed by atoms with Crippen LogP contribution in [0.4, 0.5) is 4.79 Å². The maximum Gasteiger partial charge on any atom is 0.317 e. The number of nitrogens with one attached hydrogen (secondary N) is 1. The number of hydrogen-bond acceptors (Lipinski definition) is 2. The molecule has 0 bridgehead atoms. The van der Waals surface area contributed by atoms with E-state index >= 15 is 0 Å². The quantitative estimate of drug-likeness (QED) is 0.862. The number of carbonyl (C=O) groups excluding carboxylic acids is 2. The van der Waals surface area contributed by atoms with E-state index in [1.165, 1.54) is 12.8 Å². The van der Waals surface area contributed by atoms with Gasteiger partial charge in [-0.05, 0) is 63.2 Å². The molecular formula is C19H33N3O2. The van der Waals surface area contributed by atoms with Crippen molar-refractivity contribution < 1.29 is 9.59 Å². The van der Waals surface area contributed by atoms with Gasteiger partial charge in [0.05, 0.1) is 0 Å². The molecule has 3 rings (SSSR count). The molecule has 2 saturated heterocycles. The number of nitrogens with zero attached hydrogens (tertiary/aromatic N) is 2. The summed E-state index contributed by atoms with van der Waals surface area (Å²) in [5.41, 5.74) is 0. The number of amides is 3. The van der Waals surface area contributed by atoms with Gasteiger partial charge < -0.3 is 15.1 Å². The maximum absolute atomic E-state index is 12.4. The highest BCUT2D eigenvalue weighted by Gasteiger charge is 2.28. The zero-order valence-electron chi connectivity index (χ0n) is 15.1. The minimum Gasteiger partial charge on any atom is -0.343 e. The smallest absolute Gasteiger partial charge is 0.317 e. The average molecular weight is 335 g/mol. The molecule has 3 aliphatic rings. The summed E-state index contributed by atoms with van der Waals surface area (Å²) in [6.07, 6.45) is 9.62. The van der Waals surface area contributed by atoms with Gasteiger partial charge in [0.15, 0.2) is 0 Å². The van der Waals surface area contributed by atoms with E-state index < -0.39 is 0 Å². The zero-order valence-corrected chi connectivity index (χ0v) is 15.1. The van der Waals surface area contributed by atoms with Crippen LogP contribution < -0.4 is 5.32 Å². The van der Waals surface area contributed by atoms with E-state index in [-0.39, 0.29) is 6.03 Å². The van der Waals surface area contributed by atoms with Gasteiger partial charge in [-0.25, -0.2) is 4.79 Å². The van der Waals surface area contributed by atoms with Crippen LogP contribution in [-0.4, -0.2) is 54.0 Å². The van der Waals surface area contributed by atoms with Crippen molar-refractivity contribution in [3.63, 3.8) is 0 Å². The number of likely N-dealkylation sites (tertiary alicyclic amines) is 2. The molecule has 24 heavy (non-hydrogen) atoms. The Hall–Kier alpha value is -1.26. The summed E-state index contributed by atoms with van der Waals surface area (Å²) in [6, 6.07) is 0.474. The lowest BCUT2D eigenvalue weighted by Crippen LogP contribution is -2.48. The van der Waals surface area contributed by atoms with Gasteiger partial charge in [-0.3, -0.25) is 4.79 Å². The Kier molecular flexibility index (Phi) is 6.01. The predicted octanol–water partition coefficient (Wildman–Crippen LogP) is 3.00. The number of carbonyl (C=O) groups is 2. The van der Waals surface area contributed by atoms with Crippen molar-refractivity contribution in [1.29, 1.82) is 0 Å². The summed E-state index contributed by atoms with van der Waals surface area (Å²) in [7, 11) is 0. The normalized spacial score (nSPS) is 28.9. The monoisotopic (exact) mass is 335 g/mol. The average Bonchev–Trinajstić information content (AvgIpc) is 3.12. The first-order valence-corrected chi connectivity index (χ1v) is 9.95. The van der Waals surface area contributed by atoms with Crippen LogP contribution in [0.15, 0.2) is 0 Å². The van der Waals surface area contributed by atoms with Gasteiger partial charge in [0.1, 0.15) is 0 Å². The Morgan fingerprint density at radius 2 is 1.50 bits per heavy atom. The molecule has 1 aliphatic carbocycles. The summed E-state index contributed by atoms with van der Waals surface area (Å²) >= 11 is 0. The summed E-state index contributed by atoms with van der Waals surface area (Å²) < 4.78 is 0. The van der Waals surface area contributed by atoms with Crippen molar-refractivity contribution in [2.24, 2.45) is 11.8 Å². The molecule has 0 aromatic heterocycles. The molecule has 5 nitrogen and oxygen atoms in total. The standard InChI is InChI=1S/C19H33N3O2/c1-15-4-6-17(7-5-15)20-19(24)22-12-8-16(9-13-22)14-18(23)21-10-2-3-11-21/h15-17H,2-14H2,1H3,(H,20,24). The molecule has 0 spiro atoms. The second kappa shape index (κ2) is 8.21. The highest BCUT2D eigenvalue weighted by atomic mass is 16.2. The summed E-state index contributed by atoms with van der Waals surface area (Å²) in [6.45, 7) is 5.78. The fourth-order valence-electron chi connectivity index (χ4n) is 4.35. The summed E-state index contributed by atoms with van der Waals surface area (Å²) in [5, 5.41) is 3.22. The van der Waals surface area contributed by atoms with E-state index in [1.54, 1.807) is 0 Å². The Morgan fingerprint density at radius 3 is 2.12 bits per heavy atom. The van der Waals surface area contributed by atoms with Crippen LogP contribution >= 0.6 is 0 Å². The second-order valence-electron chi connectivity index (χ2n) is 8.13. The molecule has 3 fully saturated rings. The van der Waals surface area contributed by atoms with E-state index in [9.17, 15) is 9.59 Å². The van der Waals surface area contributed by atoms with E-state index in [1.807, 2.05) is 9.80 Å². The number of hydrogen-bond donors (Lipinski definition) is 1. The fraction of sp³-hybridized carbons (Fsp3) is 0.895. The minimum atomic E-state index is 0.110. The fourth-order valence-corrected chi connectivity index (χ4v) is 4.35. The third-order valence-electron chi connectivity index (χ3n) is 6.17. The molecule has 1 saturated carbocycles.